The van der Waals surface area contributed by atoms with Crippen molar-refractivity contribution in [1.82, 2.24) is 4.72 Å². The highest BCUT2D eigenvalue weighted by molar-refractivity contribution is 7.89. The van der Waals surface area contributed by atoms with Crippen LogP contribution in [0.3, 0.4) is 0 Å². The van der Waals surface area contributed by atoms with Crippen molar-refractivity contribution in [3.63, 3.8) is 0 Å². The maximum absolute atomic E-state index is 11.1. The van der Waals surface area contributed by atoms with Crippen LogP contribution in [0, 0.1) is 0 Å². The van der Waals surface area contributed by atoms with Crippen molar-refractivity contribution < 1.29 is 18.3 Å². The molecule has 0 aromatic carbocycles. The maximum Gasteiger partial charge on any atom is 0.321 e. The van der Waals surface area contributed by atoms with E-state index in [2.05, 4.69) is 4.72 Å². The summed E-state index contributed by atoms with van der Waals surface area (Å²) < 4.78 is 24.4. The third-order valence-corrected chi connectivity index (χ3v) is 2.86. The smallest absolute Gasteiger partial charge is 0.321 e. The summed E-state index contributed by atoms with van der Waals surface area (Å²) in [4.78, 5) is 10.3. The molecule has 1 unspecified atom stereocenters. The van der Waals surface area contributed by atoms with Gasteiger partial charge < -0.3 is 16.6 Å². The normalized spacial score (nSPS) is 13.9. The number of sulfonamides is 1. The van der Waals surface area contributed by atoms with E-state index in [1.165, 1.54) is 0 Å². The summed E-state index contributed by atoms with van der Waals surface area (Å²) in [6.07, 6.45) is 0.502. The molecular formula is C6H15N3O4S. The highest BCUT2D eigenvalue weighted by Gasteiger charge is 2.20. The molecule has 0 aliphatic carbocycles. The predicted octanol–water partition coefficient (Wildman–Crippen LogP) is -2.33. The monoisotopic (exact) mass is 225 g/mol. The molecule has 0 aliphatic heterocycles. The molecule has 0 saturated carbocycles. The molecule has 0 aliphatic rings. The largest absolute Gasteiger partial charge is 0.480 e. The van der Waals surface area contributed by atoms with Gasteiger partial charge in [0.25, 0.3) is 0 Å². The molecule has 84 valence electrons. The van der Waals surface area contributed by atoms with Gasteiger partial charge in [0.2, 0.25) is 10.0 Å². The zero-order valence-electron chi connectivity index (χ0n) is 7.64. The topological polar surface area (TPSA) is 136 Å². The second kappa shape index (κ2) is 5.91. The fraction of sp³-hybridized carbons (Fsp3) is 0.833. The van der Waals surface area contributed by atoms with Gasteiger partial charge in [0, 0.05) is 6.54 Å². The molecule has 0 heterocycles. The number of carbonyl (C=O) groups is 1. The second-order valence-electron chi connectivity index (χ2n) is 2.76. The lowest BCUT2D eigenvalue weighted by Gasteiger charge is -2.08. The lowest BCUT2D eigenvalue weighted by Crippen LogP contribution is -2.41. The van der Waals surface area contributed by atoms with Crippen molar-refractivity contribution in [1.29, 1.82) is 0 Å². The van der Waals surface area contributed by atoms with Gasteiger partial charge in [0.1, 0.15) is 6.04 Å². The minimum Gasteiger partial charge on any atom is -0.480 e. The number of carboxylic acids is 1. The van der Waals surface area contributed by atoms with E-state index in [9.17, 15) is 13.2 Å². The van der Waals surface area contributed by atoms with Crippen molar-refractivity contribution in [3.8, 4) is 0 Å². The number of nitrogens with two attached hydrogens (primary N) is 2. The lowest BCUT2D eigenvalue weighted by molar-refractivity contribution is -0.137. The first-order valence-electron chi connectivity index (χ1n) is 4.05. The van der Waals surface area contributed by atoms with Crippen LogP contribution in [-0.2, 0) is 14.8 Å². The summed E-state index contributed by atoms with van der Waals surface area (Å²) >= 11 is 0. The van der Waals surface area contributed by atoms with Gasteiger partial charge in [-0.1, -0.05) is 0 Å². The second-order valence-corrected chi connectivity index (χ2v) is 4.61. The van der Waals surface area contributed by atoms with Gasteiger partial charge in [-0.25, -0.2) is 13.1 Å². The van der Waals surface area contributed by atoms with Gasteiger partial charge in [0.15, 0.2) is 0 Å². The van der Waals surface area contributed by atoms with Gasteiger partial charge in [-0.15, -0.1) is 0 Å². The molecule has 6 N–H and O–H groups in total. The van der Waals surface area contributed by atoms with Gasteiger partial charge in [0.05, 0.1) is 5.75 Å². The van der Waals surface area contributed by atoms with Gasteiger partial charge in [-0.2, -0.15) is 0 Å². The fourth-order valence-electron chi connectivity index (χ4n) is 0.696. The standard InChI is InChI=1S/C6H15N3O4S/c7-2-1-3-9-14(12,13)4-5(8)6(10)11/h5,9H,1-4,7-8H2,(H,10,11). The molecule has 0 fully saturated rings. The Labute approximate surface area is 82.5 Å². The summed E-state index contributed by atoms with van der Waals surface area (Å²) in [5, 5.41) is 8.38. The van der Waals surface area contributed by atoms with E-state index in [0.29, 0.717) is 13.0 Å². The minimum absolute atomic E-state index is 0.200. The molecule has 0 saturated heterocycles. The number of rotatable bonds is 7. The molecule has 0 aromatic heterocycles. The Balaban J connectivity index is 4.01. The molecule has 0 aromatic rings. The van der Waals surface area contributed by atoms with Crippen molar-refractivity contribution in [3.05, 3.63) is 0 Å². The van der Waals surface area contributed by atoms with Crippen LogP contribution >= 0.6 is 0 Å². The van der Waals surface area contributed by atoms with Crippen LogP contribution in [0.2, 0.25) is 0 Å². The molecule has 0 bridgehead atoms. The molecule has 0 spiro atoms. The minimum atomic E-state index is -3.61. The SMILES string of the molecule is NCCCNS(=O)(=O)CC(N)C(=O)O. The Kier molecular flexibility index (Phi) is 5.62. The molecular weight excluding hydrogens is 210 g/mol. The average molecular weight is 225 g/mol. The highest BCUT2D eigenvalue weighted by Crippen LogP contribution is 1.89. The predicted molar refractivity (Wildman–Crippen MR) is 51.1 cm³/mol. The molecule has 8 heteroatoms. The van der Waals surface area contributed by atoms with E-state index < -0.39 is 27.8 Å². The Hall–Kier alpha value is -0.700. The Morgan fingerprint density at radius 2 is 2.07 bits per heavy atom. The summed E-state index contributed by atoms with van der Waals surface area (Å²) in [5.74, 6) is -1.96. The summed E-state index contributed by atoms with van der Waals surface area (Å²) in [5.41, 5.74) is 10.2. The van der Waals surface area contributed by atoms with Crippen molar-refractivity contribution in [2.45, 2.75) is 12.5 Å². The Morgan fingerprint density at radius 1 is 1.50 bits per heavy atom. The van der Waals surface area contributed by atoms with Crippen LogP contribution in [0.25, 0.3) is 0 Å². The van der Waals surface area contributed by atoms with Crippen LogP contribution < -0.4 is 16.2 Å². The van der Waals surface area contributed by atoms with Crippen molar-refractivity contribution in [2.24, 2.45) is 11.5 Å². The Morgan fingerprint density at radius 3 is 2.50 bits per heavy atom. The molecule has 1 atom stereocenters. The number of nitrogens with one attached hydrogen (secondary N) is 1. The van der Waals surface area contributed by atoms with Crippen LogP contribution in [0.5, 0.6) is 0 Å². The number of hydrogen-bond acceptors (Lipinski definition) is 5. The molecule has 0 radical (unpaired) electrons. The van der Waals surface area contributed by atoms with E-state index >= 15 is 0 Å². The first kappa shape index (κ1) is 13.3. The van der Waals surface area contributed by atoms with Gasteiger partial charge >= 0.3 is 5.97 Å². The first-order chi connectivity index (χ1) is 6.39. The first-order valence-corrected chi connectivity index (χ1v) is 5.70. The van der Waals surface area contributed by atoms with Crippen LogP contribution in [0.1, 0.15) is 6.42 Å². The van der Waals surface area contributed by atoms with E-state index in [1.807, 2.05) is 0 Å². The Bertz CT molecular complexity index is 277. The van der Waals surface area contributed by atoms with Crippen molar-refractivity contribution >= 4 is 16.0 Å². The van der Waals surface area contributed by atoms with Crippen LogP contribution in [0.15, 0.2) is 0 Å². The quantitative estimate of drug-likeness (QED) is 0.359. The number of aliphatic carboxylic acids is 1. The molecule has 0 amide bonds. The average Bonchev–Trinajstić information content (AvgIpc) is 2.03. The van der Waals surface area contributed by atoms with Crippen molar-refractivity contribution in [2.75, 3.05) is 18.8 Å². The lowest BCUT2D eigenvalue weighted by atomic mass is 10.4. The van der Waals surface area contributed by atoms with E-state index in [4.69, 9.17) is 16.6 Å². The zero-order chi connectivity index (χ0) is 11.2. The van der Waals surface area contributed by atoms with E-state index in [1.54, 1.807) is 0 Å². The molecule has 14 heavy (non-hydrogen) atoms. The van der Waals surface area contributed by atoms with Gasteiger partial charge in [-0.3, -0.25) is 4.79 Å². The zero-order valence-corrected chi connectivity index (χ0v) is 8.46. The fourth-order valence-corrected chi connectivity index (χ4v) is 1.88. The number of hydrogen-bond donors (Lipinski definition) is 4. The van der Waals surface area contributed by atoms with E-state index in [-0.39, 0.29) is 6.54 Å². The summed E-state index contributed by atoms with van der Waals surface area (Å²) in [7, 11) is -3.61. The van der Waals surface area contributed by atoms with Crippen LogP contribution in [0.4, 0.5) is 0 Å². The summed E-state index contributed by atoms with van der Waals surface area (Å²) in [6.45, 7) is 0.568. The van der Waals surface area contributed by atoms with E-state index in [0.717, 1.165) is 0 Å². The summed E-state index contributed by atoms with van der Waals surface area (Å²) in [6, 6.07) is -1.40. The highest BCUT2D eigenvalue weighted by atomic mass is 32.2. The third-order valence-electron chi connectivity index (χ3n) is 1.42. The maximum atomic E-state index is 11.1. The third kappa shape index (κ3) is 5.86. The van der Waals surface area contributed by atoms with Crippen LogP contribution in [-0.4, -0.2) is 44.4 Å². The molecule has 7 nitrogen and oxygen atoms in total. The van der Waals surface area contributed by atoms with Gasteiger partial charge in [-0.05, 0) is 13.0 Å². The number of carboxylic acid groups (broad SMARTS) is 1. The molecule has 0 rings (SSSR count).